The summed E-state index contributed by atoms with van der Waals surface area (Å²) in [6.45, 7) is 4.22. The van der Waals surface area contributed by atoms with Gasteiger partial charge in [-0.1, -0.05) is 0 Å². The number of rotatable bonds is 1. The predicted octanol–water partition coefficient (Wildman–Crippen LogP) is 1.21. The summed E-state index contributed by atoms with van der Waals surface area (Å²) in [5.41, 5.74) is 0. The van der Waals surface area contributed by atoms with Crippen LogP contribution in [0.3, 0.4) is 0 Å². The van der Waals surface area contributed by atoms with Crippen molar-refractivity contribution >= 4 is 11.8 Å². The summed E-state index contributed by atoms with van der Waals surface area (Å²) in [6, 6.07) is 0.871. The number of hydrogen-bond acceptors (Lipinski definition) is 3. The molecule has 2 saturated heterocycles. The first-order valence-corrected chi connectivity index (χ1v) is 6.02. The molecule has 0 aliphatic carbocycles. The summed E-state index contributed by atoms with van der Waals surface area (Å²) in [5.74, 6) is 2.73. The molecule has 0 aromatic rings. The Bertz CT molecular complexity index is 114. The Morgan fingerprint density at radius 2 is 1.75 bits per heavy atom. The lowest BCUT2D eigenvalue weighted by molar-refractivity contribution is 0.0149. The van der Waals surface area contributed by atoms with Crippen LogP contribution in [0.2, 0.25) is 0 Å². The maximum atomic E-state index is 5.34. The third kappa shape index (κ3) is 2.15. The van der Waals surface area contributed by atoms with Crippen molar-refractivity contribution in [3.05, 3.63) is 0 Å². The second kappa shape index (κ2) is 4.49. The Morgan fingerprint density at radius 1 is 1.08 bits per heavy atom. The molecule has 0 amide bonds. The minimum Gasteiger partial charge on any atom is -0.379 e. The van der Waals surface area contributed by atoms with Crippen LogP contribution in [-0.2, 0) is 4.74 Å². The van der Waals surface area contributed by atoms with E-state index >= 15 is 0 Å². The Balaban J connectivity index is 1.80. The van der Waals surface area contributed by atoms with Crippen LogP contribution in [0.15, 0.2) is 0 Å². The maximum Gasteiger partial charge on any atom is 0.0594 e. The summed E-state index contributed by atoms with van der Waals surface area (Å²) in [5, 5.41) is 0. The topological polar surface area (TPSA) is 12.5 Å². The van der Waals surface area contributed by atoms with Crippen LogP contribution in [0.4, 0.5) is 0 Å². The molecule has 0 bridgehead atoms. The van der Waals surface area contributed by atoms with Crippen molar-refractivity contribution in [2.75, 3.05) is 37.8 Å². The zero-order valence-electron chi connectivity index (χ0n) is 7.50. The quantitative estimate of drug-likeness (QED) is 0.612. The Hall–Kier alpha value is 0.270. The van der Waals surface area contributed by atoms with Crippen LogP contribution in [0, 0.1) is 0 Å². The summed E-state index contributed by atoms with van der Waals surface area (Å²) < 4.78 is 5.34. The largest absolute Gasteiger partial charge is 0.379 e. The van der Waals surface area contributed by atoms with Crippen molar-refractivity contribution in [2.24, 2.45) is 0 Å². The highest BCUT2D eigenvalue weighted by Gasteiger charge is 2.22. The molecule has 0 N–H and O–H groups in total. The van der Waals surface area contributed by atoms with Gasteiger partial charge in [-0.15, -0.1) is 0 Å². The minimum atomic E-state index is 0.871. The monoisotopic (exact) mass is 187 g/mol. The van der Waals surface area contributed by atoms with Crippen molar-refractivity contribution in [3.8, 4) is 0 Å². The van der Waals surface area contributed by atoms with E-state index in [1.54, 1.807) is 0 Å². The number of hydrogen-bond donors (Lipinski definition) is 0. The molecule has 3 heteroatoms. The van der Waals surface area contributed by atoms with Crippen LogP contribution in [0.25, 0.3) is 0 Å². The van der Waals surface area contributed by atoms with E-state index < -0.39 is 0 Å². The molecule has 2 aliphatic heterocycles. The van der Waals surface area contributed by atoms with Gasteiger partial charge in [0.15, 0.2) is 0 Å². The standard InChI is InChI=1S/C9H17NOS/c1-7-12-8-2-9(1)10-3-5-11-6-4-10/h9H,1-8H2. The second-order valence-electron chi connectivity index (χ2n) is 3.49. The Labute approximate surface area is 78.6 Å². The maximum absolute atomic E-state index is 5.34. The van der Waals surface area contributed by atoms with Gasteiger partial charge in [0.05, 0.1) is 13.2 Å². The SMILES string of the molecule is C1CN(C2CCSCC2)CCO1. The first-order chi connectivity index (χ1) is 5.97. The van der Waals surface area contributed by atoms with Gasteiger partial charge in [-0.3, -0.25) is 4.90 Å². The average molecular weight is 187 g/mol. The van der Waals surface area contributed by atoms with Crippen LogP contribution in [-0.4, -0.2) is 48.8 Å². The lowest BCUT2D eigenvalue weighted by atomic mass is 10.1. The molecule has 0 aromatic heterocycles. The van der Waals surface area contributed by atoms with E-state index in [1.807, 2.05) is 0 Å². The number of thioether (sulfide) groups is 1. The van der Waals surface area contributed by atoms with E-state index in [-0.39, 0.29) is 0 Å². The van der Waals surface area contributed by atoms with Gasteiger partial charge in [0.2, 0.25) is 0 Å². The lowest BCUT2D eigenvalue weighted by Crippen LogP contribution is -2.44. The molecule has 2 rings (SSSR count). The fourth-order valence-electron chi connectivity index (χ4n) is 1.99. The molecule has 70 valence electrons. The number of nitrogens with zero attached hydrogens (tertiary/aromatic N) is 1. The van der Waals surface area contributed by atoms with E-state index in [2.05, 4.69) is 16.7 Å². The van der Waals surface area contributed by atoms with Crippen LogP contribution in [0.1, 0.15) is 12.8 Å². The highest BCUT2D eigenvalue weighted by Crippen LogP contribution is 2.22. The molecule has 0 spiro atoms. The molecular formula is C9H17NOS. The molecule has 0 aromatic carbocycles. The lowest BCUT2D eigenvalue weighted by Gasteiger charge is -2.36. The summed E-state index contributed by atoms with van der Waals surface area (Å²) in [7, 11) is 0. The first kappa shape index (κ1) is 8.85. The van der Waals surface area contributed by atoms with Crippen LogP contribution < -0.4 is 0 Å². The minimum absolute atomic E-state index is 0.871. The third-order valence-electron chi connectivity index (χ3n) is 2.75. The van der Waals surface area contributed by atoms with Gasteiger partial charge < -0.3 is 4.74 Å². The molecule has 0 saturated carbocycles. The van der Waals surface area contributed by atoms with Crippen molar-refractivity contribution < 1.29 is 4.74 Å². The second-order valence-corrected chi connectivity index (χ2v) is 4.72. The molecule has 2 fully saturated rings. The highest BCUT2D eigenvalue weighted by molar-refractivity contribution is 7.99. The average Bonchev–Trinajstić information content (AvgIpc) is 2.21. The normalized spacial score (nSPS) is 29.0. The predicted molar refractivity (Wildman–Crippen MR) is 52.7 cm³/mol. The molecule has 0 radical (unpaired) electrons. The molecule has 0 atom stereocenters. The van der Waals surface area contributed by atoms with Gasteiger partial charge in [0, 0.05) is 19.1 Å². The number of ether oxygens (including phenoxy) is 1. The van der Waals surface area contributed by atoms with Crippen molar-refractivity contribution in [1.82, 2.24) is 4.90 Å². The molecule has 2 heterocycles. The Morgan fingerprint density at radius 3 is 2.42 bits per heavy atom. The summed E-state index contributed by atoms with van der Waals surface area (Å²) >= 11 is 2.10. The van der Waals surface area contributed by atoms with Gasteiger partial charge >= 0.3 is 0 Å². The zero-order chi connectivity index (χ0) is 8.23. The van der Waals surface area contributed by atoms with Gasteiger partial charge in [-0.25, -0.2) is 0 Å². The van der Waals surface area contributed by atoms with Crippen LogP contribution >= 0.6 is 11.8 Å². The van der Waals surface area contributed by atoms with Crippen molar-refractivity contribution in [1.29, 1.82) is 0 Å². The van der Waals surface area contributed by atoms with E-state index in [4.69, 9.17) is 4.74 Å². The van der Waals surface area contributed by atoms with Gasteiger partial charge in [-0.05, 0) is 24.3 Å². The molecule has 2 aliphatic rings. The van der Waals surface area contributed by atoms with Gasteiger partial charge in [0.25, 0.3) is 0 Å². The van der Waals surface area contributed by atoms with E-state index in [0.29, 0.717) is 0 Å². The van der Waals surface area contributed by atoms with Crippen molar-refractivity contribution in [3.63, 3.8) is 0 Å². The summed E-state index contributed by atoms with van der Waals surface area (Å²) in [4.78, 5) is 2.61. The molecular weight excluding hydrogens is 170 g/mol. The fourth-order valence-corrected chi connectivity index (χ4v) is 3.07. The van der Waals surface area contributed by atoms with E-state index in [9.17, 15) is 0 Å². The summed E-state index contributed by atoms with van der Waals surface area (Å²) in [6.07, 6.45) is 2.79. The van der Waals surface area contributed by atoms with Gasteiger partial charge in [0.1, 0.15) is 0 Å². The van der Waals surface area contributed by atoms with Crippen molar-refractivity contribution in [2.45, 2.75) is 18.9 Å². The molecule has 2 nitrogen and oxygen atoms in total. The Kier molecular flexibility index (Phi) is 3.31. The fraction of sp³-hybridized carbons (Fsp3) is 1.00. The zero-order valence-corrected chi connectivity index (χ0v) is 8.31. The smallest absolute Gasteiger partial charge is 0.0594 e. The van der Waals surface area contributed by atoms with E-state index in [1.165, 1.54) is 24.3 Å². The third-order valence-corrected chi connectivity index (χ3v) is 3.80. The molecule has 12 heavy (non-hydrogen) atoms. The molecule has 0 unspecified atom stereocenters. The van der Waals surface area contributed by atoms with Gasteiger partial charge in [-0.2, -0.15) is 11.8 Å². The highest BCUT2D eigenvalue weighted by atomic mass is 32.2. The van der Waals surface area contributed by atoms with E-state index in [0.717, 1.165) is 32.3 Å². The van der Waals surface area contributed by atoms with Crippen LogP contribution in [0.5, 0.6) is 0 Å². The number of morpholine rings is 1. The first-order valence-electron chi connectivity index (χ1n) is 4.86.